The fraction of sp³-hybridized carbons (Fsp3) is 0.316. The third-order valence-electron chi connectivity index (χ3n) is 4.27. The predicted octanol–water partition coefficient (Wildman–Crippen LogP) is 2.72. The standard InChI is InChI=1S/C19H22FN3O/c1-14-5-7-17(8-6-14)22-19(24)13-23-10-9-21-12-18(23)15-3-2-4-16(20)11-15/h2-8,11,18,21H,9-10,12-13H2,1H3,(H,22,24). The third-order valence-corrected chi connectivity index (χ3v) is 4.27. The molecule has 126 valence electrons. The molecule has 1 unspecified atom stereocenters. The van der Waals surface area contributed by atoms with Gasteiger partial charge in [-0.2, -0.15) is 0 Å². The van der Waals surface area contributed by atoms with Gasteiger partial charge < -0.3 is 10.6 Å². The summed E-state index contributed by atoms with van der Waals surface area (Å²) in [6, 6.07) is 14.3. The van der Waals surface area contributed by atoms with Gasteiger partial charge in [0.2, 0.25) is 5.91 Å². The summed E-state index contributed by atoms with van der Waals surface area (Å²) in [6.45, 7) is 4.58. The Bertz CT molecular complexity index is 702. The molecule has 1 aliphatic rings. The Kier molecular flexibility index (Phi) is 5.23. The lowest BCUT2D eigenvalue weighted by molar-refractivity contribution is -0.118. The van der Waals surface area contributed by atoms with E-state index >= 15 is 0 Å². The first-order valence-electron chi connectivity index (χ1n) is 8.18. The van der Waals surface area contributed by atoms with Crippen molar-refractivity contribution < 1.29 is 9.18 Å². The maximum absolute atomic E-state index is 13.5. The van der Waals surface area contributed by atoms with E-state index in [4.69, 9.17) is 0 Å². The number of hydrogen-bond donors (Lipinski definition) is 2. The number of aryl methyl sites for hydroxylation is 1. The number of nitrogens with one attached hydrogen (secondary N) is 2. The van der Waals surface area contributed by atoms with E-state index in [0.29, 0.717) is 6.54 Å². The van der Waals surface area contributed by atoms with E-state index in [-0.39, 0.29) is 24.3 Å². The van der Waals surface area contributed by atoms with Gasteiger partial charge in [-0.15, -0.1) is 0 Å². The van der Waals surface area contributed by atoms with Crippen molar-refractivity contribution in [1.82, 2.24) is 10.2 Å². The summed E-state index contributed by atoms with van der Waals surface area (Å²) in [5, 5.41) is 6.24. The van der Waals surface area contributed by atoms with E-state index in [1.165, 1.54) is 6.07 Å². The number of carbonyl (C=O) groups is 1. The molecule has 2 aromatic rings. The van der Waals surface area contributed by atoms with Gasteiger partial charge >= 0.3 is 0 Å². The minimum atomic E-state index is -0.248. The average Bonchev–Trinajstić information content (AvgIpc) is 2.57. The summed E-state index contributed by atoms with van der Waals surface area (Å²) in [5.74, 6) is -0.302. The molecule has 0 radical (unpaired) electrons. The first-order valence-corrected chi connectivity index (χ1v) is 8.18. The SMILES string of the molecule is Cc1ccc(NC(=O)CN2CCNCC2c2cccc(F)c2)cc1. The van der Waals surface area contributed by atoms with Crippen LogP contribution in [0.25, 0.3) is 0 Å². The van der Waals surface area contributed by atoms with Crippen LogP contribution in [0.15, 0.2) is 48.5 Å². The Morgan fingerprint density at radius 1 is 1.29 bits per heavy atom. The van der Waals surface area contributed by atoms with Crippen LogP contribution in [-0.4, -0.2) is 37.0 Å². The first-order chi connectivity index (χ1) is 11.6. The van der Waals surface area contributed by atoms with Gasteiger partial charge in [0.1, 0.15) is 5.82 Å². The van der Waals surface area contributed by atoms with E-state index in [1.54, 1.807) is 12.1 Å². The summed E-state index contributed by atoms with van der Waals surface area (Å²) in [4.78, 5) is 14.5. The Morgan fingerprint density at radius 3 is 2.83 bits per heavy atom. The number of halogens is 1. The first kappa shape index (κ1) is 16.6. The van der Waals surface area contributed by atoms with Gasteiger partial charge in [0.25, 0.3) is 0 Å². The monoisotopic (exact) mass is 327 g/mol. The molecule has 1 saturated heterocycles. The topological polar surface area (TPSA) is 44.4 Å². The lowest BCUT2D eigenvalue weighted by Gasteiger charge is -2.36. The van der Waals surface area contributed by atoms with Crippen LogP contribution in [0.5, 0.6) is 0 Å². The molecule has 5 heteroatoms. The molecule has 0 spiro atoms. The maximum atomic E-state index is 13.5. The van der Waals surface area contributed by atoms with Crippen LogP contribution in [0.2, 0.25) is 0 Å². The molecule has 0 aromatic heterocycles. The second-order valence-electron chi connectivity index (χ2n) is 6.16. The van der Waals surface area contributed by atoms with Crippen LogP contribution in [-0.2, 0) is 4.79 Å². The van der Waals surface area contributed by atoms with Crippen molar-refractivity contribution in [3.05, 3.63) is 65.5 Å². The zero-order chi connectivity index (χ0) is 16.9. The normalized spacial score (nSPS) is 18.3. The van der Waals surface area contributed by atoms with Crippen molar-refractivity contribution in [3.63, 3.8) is 0 Å². The van der Waals surface area contributed by atoms with Gasteiger partial charge in [0, 0.05) is 31.4 Å². The van der Waals surface area contributed by atoms with Crippen LogP contribution >= 0.6 is 0 Å². The molecule has 2 aromatic carbocycles. The molecular weight excluding hydrogens is 305 g/mol. The largest absolute Gasteiger partial charge is 0.325 e. The number of piperazine rings is 1. The molecule has 1 heterocycles. The van der Waals surface area contributed by atoms with Crippen LogP contribution < -0.4 is 10.6 Å². The smallest absolute Gasteiger partial charge is 0.238 e. The van der Waals surface area contributed by atoms with Gasteiger partial charge in [0.05, 0.1) is 6.54 Å². The van der Waals surface area contributed by atoms with Crippen LogP contribution in [0, 0.1) is 12.7 Å². The molecule has 4 nitrogen and oxygen atoms in total. The van der Waals surface area contributed by atoms with Gasteiger partial charge in [0.15, 0.2) is 0 Å². The highest BCUT2D eigenvalue weighted by molar-refractivity contribution is 5.92. The number of anilines is 1. The van der Waals surface area contributed by atoms with Crippen LogP contribution in [0.3, 0.4) is 0 Å². The molecule has 3 rings (SSSR count). The molecule has 2 N–H and O–H groups in total. The van der Waals surface area contributed by atoms with E-state index in [9.17, 15) is 9.18 Å². The van der Waals surface area contributed by atoms with E-state index in [2.05, 4.69) is 15.5 Å². The lowest BCUT2D eigenvalue weighted by atomic mass is 10.0. The summed E-state index contributed by atoms with van der Waals surface area (Å²) in [6.07, 6.45) is 0. The molecule has 0 aliphatic carbocycles. The number of rotatable bonds is 4. The zero-order valence-corrected chi connectivity index (χ0v) is 13.8. The third kappa shape index (κ3) is 4.19. The summed E-state index contributed by atoms with van der Waals surface area (Å²) < 4.78 is 13.5. The highest BCUT2D eigenvalue weighted by Crippen LogP contribution is 2.22. The Hall–Kier alpha value is -2.24. The van der Waals surface area contributed by atoms with Crippen molar-refractivity contribution in [2.75, 3.05) is 31.5 Å². The number of amides is 1. The van der Waals surface area contributed by atoms with Gasteiger partial charge in [-0.05, 0) is 36.8 Å². The second kappa shape index (κ2) is 7.55. The molecule has 24 heavy (non-hydrogen) atoms. The number of carbonyl (C=O) groups excluding carboxylic acids is 1. The Balaban J connectivity index is 1.67. The van der Waals surface area contributed by atoms with E-state index in [1.807, 2.05) is 37.3 Å². The molecular formula is C19H22FN3O. The molecule has 1 aliphatic heterocycles. The fourth-order valence-corrected chi connectivity index (χ4v) is 3.00. The predicted molar refractivity (Wildman–Crippen MR) is 93.4 cm³/mol. The number of nitrogens with zero attached hydrogens (tertiary/aromatic N) is 1. The summed E-state index contributed by atoms with van der Waals surface area (Å²) in [5.41, 5.74) is 2.84. The van der Waals surface area contributed by atoms with Gasteiger partial charge in [-0.3, -0.25) is 9.69 Å². The van der Waals surface area contributed by atoms with Gasteiger partial charge in [-0.1, -0.05) is 29.8 Å². The summed E-state index contributed by atoms with van der Waals surface area (Å²) in [7, 11) is 0. The van der Waals surface area contributed by atoms with Crippen LogP contribution in [0.4, 0.5) is 10.1 Å². The van der Waals surface area contributed by atoms with Crippen LogP contribution in [0.1, 0.15) is 17.2 Å². The molecule has 0 saturated carbocycles. The van der Waals surface area contributed by atoms with Crippen molar-refractivity contribution in [1.29, 1.82) is 0 Å². The quantitative estimate of drug-likeness (QED) is 0.907. The molecule has 1 fully saturated rings. The fourth-order valence-electron chi connectivity index (χ4n) is 3.00. The number of benzene rings is 2. The Morgan fingerprint density at radius 2 is 2.08 bits per heavy atom. The summed E-state index contributed by atoms with van der Waals surface area (Å²) >= 11 is 0. The van der Waals surface area contributed by atoms with Crippen molar-refractivity contribution in [2.45, 2.75) is 13.0 Å². The van der Waals surface area contributed by atoms with Crippen molar-refractivity contribution in [3.8, 4) is 0 Å². The zero-order valence-electron chi connectivity index (χ0n) is 13.8. The minimum absolute atomic E-state index is 0.00165. The number of hydrogen-bond acceptors (Lipinski definition) is 3. The van der Waals surface area contributed by atoms with Gasteiger partial charge in [-0.25, -0.2) is 4.39 Å². The Labute approximate surface area is 141 Å². The maximum Gasteiger partial charge on any atom is 0.238 e. The lowest BCUT2D eigenvalue weighted by Crippen LogP contribution is -2.48. The van der Waals surface area contributed by atoms with E-state index < -0.39 is 0 Å². The highest BCUT2D eigenvalue weighted by Gasteiger charge is 2.25. The average molecular weight is 327 g/mol. The van der Waals surface area contributed by atoms with E-state index in [0.717, 1.165) is 29.9 Å². The molecule has 1 atom stereocenters. The minimum Gasteiger partial charge on any atom is -0.325 e. The molecule has 0 bridgehead atoms. The second-order valence-corrected chi connectivity index (χ2v) is 6.16. The molecule has 1 amide bonds. The highest BCUT2D eigenvalue weighted by atomic mass is 19.1. The van der Waals surface area contributed by atoms with Crippen molar-refractivity contribution >= 4 is 11.6 Å². The van der Waals surface area contributed by atoms with Crippen molar-refractivity contribution in [2.24, 2.45) is 0 Å².